The molecule has 0 bridgehead atoms. The molecule has 2 fully saturated rings. The Morgan fingerprint density at radius 3 is 2.50 bits per heavy atom. The van der Waals surface area contributed by atoms with Crippen LogP contribution in [0.4, 0.5) is 3.89 Å². The molecule has 116 valence electrons. The van der Waals surface area contributed by atoms with Gasteiger partial charge in [0.05, 0.1) is 5.75 Å². The molecule has 2 rings (SSSR count). The highest BCUT2D eigenvalue weighted by molar-refractivity contribution is 7.86. The molecular formula is C13H23FN2O3S. The van der Waals surface area contributed by atoms with E-state index in [0.29, 0.717) is 6.54 Å². The van der Waals surface area contributed by atoms with Crippen molar-refractivity contribution in [3.05, 3.63) is 0 Å². The third kappa shape index (κ3) is 4.15. The molecule has 0 radical (unpaired) electrons. The lowest BCUT2D eigenvalue weighted by Crippen LogP contribution is -2.45. The largest absolute Gasteiger partial charge is 0.339 e. The maximum absolute atomic E-state index is 12.7. The quantitative estimate of drug-likeness (QED) is 0.711. The predicted octanol–water partition coefficient (Wildman–Crippen LogP) is 1.01. The fourth-order valence-corrected chi connectivity index (χ4v) is 4.11. The van der Waals surface area contributed by atoms with Crippen molar-refractivity contribution < 1.29 is 17.1 Å². The third-order valence-electron chi connectivity index (χ3n) is 4.21. The summed E-state index contributed by atoms with van der Waals surface area (Å²) in [5.74, 6) is -0.928. The van der Waals surface area contributed by atoms with E-state index in [1.54, 1.807) is 4.90 Å². The van der Waals surface area contributed by atoms with E-state index < -0.39 is 16.0 Å². The number of carbonyl (C=O) groups excluding carboxylic acids is 1. The van der Waals surface area contributed by atoms with Crippen molar-refractivity contribution >= 4 is 16.1 Å². The van der Waals surface area contributed by atoms with Gasteiger partial charge in [0.25, 0.3) is 0 Å². The van der Waals surface area contributed by atoms with Gasteiger partial charge in [0, 0.05) is 38.0 Å². The number of halogens is 1. The molecule has 0 aromatic heterocycles. The van der Waals surface area contributed by atoms with Gasteiger partial charge in [0.2, 0.25) is 5.91 Å². The van der Waals surface area contributed by atoms with E-state index >= 15 is 0 Å². The zero-order valence-corrected chi connectivity index (χ0v) is 12.7. The molecule has 5 nitrogen and oxygen atoms in total. The molecule has 0 aromatic rings. The van der Waals surface area contributed by atoms with E-state index in [1.807, 2.05) is 0 Å². The molecule has 20 heavy (non-hydrogen) atoms. The van der Waals surface area contributed by atoms with Crippen LogP contribution in [0.2, 0.25) is 0 Å². The molecule has 0 N–H and O–H groups in total. The van der Waals surface area contributed by atoms with E-state index in [1.165, 1.54) is 0 Å². The van der Waals surface area contributed by atoms with Crippen LogP contribution in [0, 0.1) is 5.92 Å². The van der Waals surface area contributed by atoms with Gasteiger partial charge < -0.3 is 9.80 Å². The molecular weight excluding hydrogens is 283 g/mol. The van der Waals surface area contributed by atoms with Gasteiger partial charge in [-0.2, -0.15) is 8.42 Å². The van der Waals surface area contributed by atoms with Gasteiger partial charge in [-0.25, -0.2) is 0 Å². The summed E-state index contributed by atoms with van der Waals surface area (Å²) < 4.78 is 34.1. The minimum atomic E-state index is -4.49. The van der Waals surface area contributed by atoms with Crippen LogP contribution in [0.1, 0.15) is 32.6 Å². The molecule has 0 saturated carbocycles. The maximum Gasteiger partial charge on any atom is 0.302 e. The highest BCUT2D eigenvalue weighted by Gasteiger charge is 2.37. The van der Waals surface area contributed by atoms with Gasteiger partial charge in [-0.3, -0.25) is 4.79 Å². The van der Waals surface area contributed by atoms with Crippen molar-refractivity contribution in [2.75, 3.05) is 31.9 Å². The Balaban J connectivity index is 1.86. The highest BCUT2D eigenvalue weighted by atomic mass is 32.3. The smallest absolute Gasteiger partial charge is 0.302 e. The minimum absolute atomic E-state index is 0.0207. The van der Waals surface area contributed by atoms with Crippen molar-refractivity contribution in [2.45, 2.75) is 38.6 Å². The number of hydrogen-bond donors (Lipinski definition) is 0. The lowest BCUT2D eigenvalue weighted by atomic mass is 10.0. The lowest BCUT2D eigenvalue weighted by Gasteiger charge is -2.36. The summed E-state index contributed by atoms with van der Waals surface area (Å²) in [6.45, 7) is 5.59. The first-order valence-electron chi connectivity index (χ1n) is 7.33. The number of piperidine rings is 1. The second-order valence-electron chi connectivity index (χ2n) is 5.89. The van der Waals surface area contributed by atoms with E-state index in [0.717, 1.165) is 38.9 Å². The first kappa shape index (κ1) is 15.7. The third-order valence-corrected chi connectivity index (χ3v) is 5.08. The Labute approximate surface area is 120 Å². The highest BCUT2D eigenvalue weighted by Crippen LogP contribution is 2.26. The van der Waals surface area contributed by atoms with Crippen LogP contribution < -0.4 is 0 Å². The second kappa shape index (κ2) is 6.39. The number of hydrogen-bond acceptors (Lipinski definition) is 4. The molecule has 2 saturated heterocycles. The first-order chi connectivity index (χ1) is 9.39. The predicted molar refractivity (Wildman–Crippen MR) is 74.5 cm³/mol. The zero-order chi connectivity index (χ0) is 14.8. The van der Waals surface area contributed by atoms with Crippen LogP contribution in [0.5, 0.6) is 0 Å². The van der Waals surface area contributed by atoms with Gasteiger partial charge in [0.1, 0.15) is 0 Å². The van der Waals surface area contributed by atoms with Crippen molar-refractivity contribution in [1.29, 1.82) is 0 Å². The molecule has 1 atom stereocenters. The maximum atomic E-state index is 12.7. The summed E-state index contributed by atoms with van der Waals surface area (Å²) in [6, 6.07) is 0.197. The number of carbonyl (C=O) groups is 1. The van der Waals surface area contributed by atoms with Gasteiger partial charge in [-0.05, 0) is 25.8 Å². The summed E-state index contributed by atoms with van der Waals surface area (Å²) >= 11 is 0. The SMILES string of the molecule is CCCN1CCC(N2CC(CS(=O)(=O)F)CC2=O)CC1. The molecule has 0 aliphatic carbocycles. The Bertz CT molecular complexity index is 447. The van der Waals surface area contributed by atoms with Crippen molar-refractivity contribution in [1.82, 2.24) is 9.80 Å². The molecule has 2 aliphatic heterocycles. The van der Waals surface area contributed by atoms with Crippen LogP contribution in [-0.4, -0.2) is 62.1 Å². The molecule has 0 aromatic carbocycles. The topological polar surface area (TPSA) is 57.7 Å². The summed E-state index contributed by atoms with van der Waals surface area (Å²) in [5, 5.41) is 0. The van der Waals surface area contributed by atoms with Gasteiger partial charge >= 0.3 is 10.2 Å². The summed E-state index contributed by atoms with van der Waals surface area (Å²) in [5.41, 5.74) is 0. The summed E-state index contributed by atoms with van der Waals surface area (Å²) in [7, 11) is -4.49. The monoisotopic (exact) mass is 306 g/mol. The van der Waals surface area contributed by atoms with Crippen LogP contribution in [0.3, 0.4) is 0 Å². The molecule has 2 aliphatic rings. The Kier molecular flexibility index (Phi) is 5.01. The fraction of sp³-hybridized carbons (Fsp3) is 0.923. The summed E-state index contributed by atoms with van der Waals surface area (Å²) in [4.78, 5) is 16.1. The fourth-order valence-electron chi connectivity index (χ4n) is 3.33. The van der Waals surface area contributed by atoms with Gasteiger partial charge in [-0.15, -0.1) is 3.89 Å². The minimum Gasteiger partial charge on any atom is -0.339 e. The Morgan fingerprint density at radius 1 is 1.30 bits per heavy atom. The van der Waals surface area contributed by atoms with Crippen LogP contribution in [-0.2, 0) is 15.0 Å². The Morgan fingerprint density at radius 2 is 1.95 bits per heavy atom. The van der Waals surface area contributed by atoms with E-state index in [-0.39, 0.29) is 24.3 Å². The Hall–Kier alpha value is -0.690. The standard InChI is InChI=1S/C13H23FN2O3S/c1-2-5-15-6-3-12(4-7-15)16-9-11(8-13(16)17)10-20(14,18)19/h11-12H,2-10H2,1H3. The summed E-state index contributed by atoms with van der Waals surface area (Å²) in [6.07, 6.45) is 3.16. The van der Waals surface area contributed by atoms with Crippen LogP contribution in [0.25, 0.3) is 0 Å². The van der Waals surface area contributed by atoms with Crippen molar-refractivity contribution in [3.8, 4) is 0 Å². The average molecular weight is 306 g/mol. The molecule has 7 heteroatoms. The van der Waals surface area contributed by atoms with Crippen LogP contribution in [0.15, 0.2) is 0 Å². The molecule has 1 unspecified atom stereocenters. The zero-order valence-electron chi connectivity index (χ0n) is 11.9. The van der Waals surface area contributed by atoms with Crippen LogP contribution >= 0.6 is 0 Å². The molecule has 2 heterocycles. The lowest BCUT2D eigenvalue weighted by molar-refractivity contribution is -0.130. The number of rotatable bonds is 5. The first-order valence-corrected chi connectivity index (χ1v) is 8.88. The van der Waals surface area contributed by atoms with E-state index in [4.69, 9.17) is 0 Å². The van der Waals surface area contributed by atoms with Crippen molar-refractivity contribution in [3.63, 3.8) is 0 Å². The number of likely N-dealkylation sites (tertiary alicyclic amines) is 2. The molecule has 0 spiro atoms. The second-order valence-corrected chi connectivity index (χ2v) is 7.31. The number of nitrogens with zero attached hydrogens (tertiary/aromatic N) is 2. The van der Waals surface area contributed by atoms with Gasteiger partial charge in [0.15, 0.2) is 0 Å². The van der Waals surface area contributed by atoms with E-state index in [9.17, 15) is 17.1 Å². The average Bonchev–Trinajstić information content (AvgIpc) is 2.69. The molecule has 1 amide bonds. The number of amides is 1. The van der Waals surface area contributed by atoms with Crippen molar-refractivity contribution in [2.24, 2.45) is 5.92 Å². The van der Waals surface area contributed by atoms with Gasteiger partial charge in [-0.1, -0.05) is 6.92 Å². The van der Waals surface area contributed by atoms with E-state index in [2.05, 4.69) is 11.8 Å². The normalized spacial score (nSPS) is 26.4.